The van der Waals surface area contributed by atoms with E-state index in [-0.39, 0.29) is 17.8 Å². The smallest absolute Gasteiger partial charge is 0.214 e. The van der Waals surface area contributed by atoms with E-state index in [4.69, 9.17) is 9.47 Å². The molecule has 2 rings (SSSR count). The standard InChI is InChI=1S/C18H30N2O5S/c1-14(2)25-17-7-5-16(6-8-17)24-10-9-20-11-15(18(21)12-20)13-26(22,23)19(3)4/h5-8,14-15,18,21H,9-13H2,1-4H3. The molecule has 8 heteroatoms. The fourth-order valence-electron chi connectivity index (χ4n) is 2.89. The van der Waals surface area contributed by atoms with Crippen LogP contribution in [0.5, 0.6) is 11.5 Å². The number of ether oxygens (including phenoxy) is 2. The van der Waals surface area contributed by atoms with E-state index in [1.165, 1.54) is 18.4 Å². The van der Waals surface area contributed by atoms with Gasteiger partial charge in [-0.25, -0.2) is 12.7 Å². The zero-order valence-electron chi connectivity index (χ0n) is 16.0. The van der Waals surface area contributed by atoms with Gasteiger partial charge in [-0.05, 0) is 38.1 Å². The first-order valence-electron chi connectivity index (χ1n) is 8.87. The Morgan fingerprint density at radius 2 is 1.81 bits per heavy atom. The minimum atomic E-state index is -3.31. The number of sulfonamides is 1. The Labute approximate surface area is 156 Å². The first kappa shape index (κ1) is 21.0. The number of nitrogens with zero attached hydrogens (tertiary/aromatic N) is 2. The van der Waals surface area contributed by atoms with Gasteiger partial charge in [0, 0.05) is 39.6 Å². The molecular weight excluding hydrogens is 356 g/mol. The van der Waals surface area contributed by atoms with Crippen LogP contribution >= 0.6 is 0 Å². The van der Waals surface area contributed by atoms with Crippen molar-refractivity contribution in [2.45, 2.75) is 26.1 Å². The van der Waals surface area contributed by atoms with Crippen LogP contribution < -0.4 is 9.47 Å². The molecule has 0 aromatic heterocycles. The summed E-state index contributed by atoms with van der Waals surface area (Å²) in [7, 11) is -0.283. The Morgan fingerprint density at radius 1 is 1.19 bits per heavy atom. The summed E-state index contributed by atoms with van der Waals surface area (Å²) in [4.78, 5) is 2.04. The summed E-state index contributed by atoms with van der Waals surface area (Å²) in [5.74, 6) is 1.26. The number of hydrogen-bond acceptors (Lipinski definition) is 6. The second-order valence-electron chi connectivity index (χ2n) is 7.13. The maximum atomic E-state index is 12.0. The van der Waals surface area contributed by atoms with Crippen molar-refractivity contribution >= 4 is 10.0 Å². The molecule has 1 N–H and O–H groups in total. The lowest BCUT2D eigenvalue weighted by Gasteiger charge is -2.18. The molecule has 148 valence electrons. The van der Waals surface area contributed by atoms with Gasteiger partial charge in [-0.3, -0.25) is 4.90 Å². The third-order valence-electron chi connectivity index (χ3n) is 4.33. The largest absolute Gasteiger partial charge is 0.492 e. The van der Waals surface area contributed by atoms with Gasteiger partial charge in [0.1, 0.15) is 18.1 Å². The Balaban J connectivity index is 1.76. The minimum absolute atomic E-state index is 0.0319. The van der Waals surface area contributed by atoms with Gasteiger partial charge < -0.3 is 14.6 Å². The zero-order valence-corrected chi connectivity index (χ0v) is 16.8. The van der Waals surface area contributed by atoms with Crippen LogP contribution in [0.2, 0.25) is 0 Å². The lowest BCUT2D eigenvalue weighted by Crippen LogP contribution is -2.33. The van der Waals surface area contributed by atoms with Gasteiger partial charge in [0.2, 0.25) is 10.0 Å². The molecule has 1 aromatic rings. The van der Waals surface area contributed by atoms with E-state index < -0.39 is 16.1 Å². The predicted octanol–water partition coefficient (Wildman–Crippen LogP) is 1.04. The minimum Gasteiger partial charge on any atom is -0.492 e. The molecule has 0 amide bonds. The molecule has 1 heterocycles. The molecule has 0 aliphatic carbocycles. The van der Waals surface area contributed by atoms with Crippen LogP contribution in [0, 0.1) is 5.92 Å². The molecular formula is C18H30N2O5S. The quantitative estimate of drug-likeness (QED) is 0.683. The van der Waals surface area contributed by atoms with E-state index in [1.807, 2.05) is 43.0 Å². The first-order chi connectivity index (χ1) is 12.2. The van der Waals surface area contributed by atoms with E-state index in [9.17, 15) is 13.5 Å². The maximum absolute atomic E-state index is 12.0. The van der Waals surface area contributed by atoms with Crippen LogP contribution in [0.3, 0.4) is 0 Å². The second kappa shape index (κ2) is 9.03. The predicted molar refractivity (Wildman–Crippen MR) is 101 cm³/mol. The number of aliphatic hydroxyl groups is 1. The third kappa shape index (κ3) is 6.12. The lowest BCUT2D eigenvalue weighted by atomic mass is 10.1. The van der Waals surface area contributed by atoms with E-state index in [0.29, 0.717) is 26.2 Å². The fraction of sp³-hybridized carbons (Fsp3) is 0.667. The molecule has 2 unspecified atom stereocenters. The number of rotatable bonds is 9. The summed E-state index contributed by atoms with van der Waals surface area (Å²) in [6.07, 6.45) is -0.496. The normalized spacial score (nSPS) is 21.5. The van der Waals surface area contributed by atoms with Gasteiger partial charge in [-0.2, -0.15) is 0 Å². The highest BCUT2D eigenvalue weighted by Gasteiger charge is 2.35. The zero-order chi connectivity index (χ0) is 19.3. The highest BCUT2D eigenvalue weighted by atomic mass is 32.2. The number of likely N-dealkylation sites (tertiary alicyclic amines) is 1. The molecule has 26 heavy (non-hydrogen) atoms. The molecule has 1 aliphatic heterocycles. The van der Waals surface area contributed by atoms with Gasteiger partial charge in [0.05, 0.1) is 18.0 Å². The molecule has 1 aromatic carbocycles. The van der Waals surface area contributed by atoms with Gasteiger partial charge >= 0.3 is 0 Å². The Kier molecular flexibility index (Phi) is 7.28. The van der Waals surface area contributed by atoms with Gasteiger partial charge in [-0.1, -0.05) is 0 Å². The van der Waals surface area contributed by atoms with Crippen molar-refractivity contribution in [2.24, 2.45) is 5.92 Å². The number of hydrogen-bond donors (Lipinski definition) is 1. The average Bonchev–Trinajstić information content (AvgIpc) is 2.87. The summed E-state index contributed by atoms with van der Waals surface area (Å²) >= 11 is 0. The lowest BCUT2D eigenvalue weighted by molar-refractivity contribution is 0.145. The molecule has 0 bridgehead atoms. The number of aliphatic hydroxyl groups excluding tert-OH is 1. The van der Waals surface area contributed by atoms with E-state index in [0.717, 1.165) is 11.5 Å². The first-order valence-corrected chi connectivity index (χ1v) is 10.5. The Hall–Kier alpha value is -1.35. The molecule has 7 nitrogen and oxygen atoms in total. The SMILES string of the molecule is CC(C)Oc1ccc(OCCN2CC(O)C(CS(=O)(=O)N(C)C)C2)cc1. The van der Waals surface area contributed by atoms with Crippen molar-refractivity contribution < 1.29 is 23.0 Å². The van der Waals surface area contributed by atoms with Crippen molar-refractivity contribution in [3.63, 3.8) is 0 Å². The molecule has 0 saturated carbocycles. The fourth-order valence-corrected chi connectivity index (χ4v) is 4.05. The molecule has 0 spiro atoms. The molecule has 1 saturated heterocycles. The summed E-state index contributed by atoms with van der Waals surface area (Å²) < 4.78 is 36.5. The van der Waals surface area contributed by atoms with E-state index in [2.05, 4.69) is 0 Å². The highest BCUT2D eigenvalue weighted by Crippen LogP contribution is 2.21. The summed E-state index contributed by atoms with van der Waals surface area (Å²) in [5.41, 5.74) is 0. The summed E-state index contributed by atoms with van der Waals surface area (Å²) in [6.45, 7) is 6.10. The van der Waals surface area contributed by atoms with Crippen LogP contribution in [0.15, 0.2) is 24.3 Å². The molecule has 0 radical (unpaired) electrons. The van der Waals surface area contributed by atoms with Gasteiger partial charge in [0.15, 0.2) is 0 Å². The van der Waals surface area contributed by atoms with Crippen LogP contribution in [0.25, 0.3) is 0 Å². The maximum Gasteiger partial charge on any atom is 0.214 e. The second-order valence-corrected chi connectivity index (χ2v) is 9.36. The topological polar surface area (TPSA) is 79.3 Å². The molecule has 2 atom stereocenters. The van der Waals surface area contributed by atoms with E-state index >= 15 is 0 Å². The third-order valence-corrected chi connectivity index (χ3v) is 6.30. The van der Waals surface area contributed by atoms with E-state index in [1.54, 1.807) is 0 Å². The molecule has 1 aliphatic rings. The van der Waals surface area contributed by atoms with Gasteiger partial charge in [-0.15, -0.1) is 0 Å². The van der Waals surface area contributed by atoms with Crippen molar-refractivity contribution in [2.75, 3.05) is 46.1 Å². The van der Waals surface area contributed by atoms with Gasteiger partial charge in [0.25, 0.3) is 0 Å². The van der Waals surface area contributed by atoms with Crippen molar-refractivity contribution in [3.8, 4) is 11.5 Å². The van der Waals surface area contributed by atoms with Crippen LogP contribution in [-0.2, 0) is 10.0 Å². The van der Waals surface area contributed by atoms with Crippen LogP contribution in [0.1, 0.15) is 13.8 Å². The number of β-amino-alcohol motifs (C(OH)–C–C–N with tert-alkyl or cyclic N) is 1. The summed E-state index contributed by atoms with van der Waals surface area (Å²) in [5, 5.41) is 10.1. The van der Waals surface area contributed by atoms with Crippen molar-refractivity contribution in [1.82, 2.24) is 9.21 Å². The van der Waals surface area contributed by atoms with Crippen molar-refractivity contribution in [1.29, 1.82) is 0 Å². The van der Waals surface area contributed by atoms with Crippen LogP contribution in [0.4, 0.5) is 0 Å². The Morgan fingerprint density at radius 3 is 2.38 bits per heavy atom. The monoisotopic (exact) mass is 386 g/mol. The highest BCUT2D eigenvalue weighted by molar-refractivity contribution is 7.89. The Bertz CT molecular complexity index is 661. The molecule has 1 fully saturated rings. The van der Waals surface area contributed by atoms with Crippen LogP contribution in [-0.4, -0.2) is 81.0 Å². The van der Waals surface area contributed by atoms with Crippen molar-refractivity contribution in [3.05, 3.63) is 24.3 Å². The summed E-state index contributed by atoms with van der Waals surface area (Å²) in [6, 6.07) is 7.47. The average molecular weight is 387 g/mol. The number of benzene rings is 1.